The molecule has 0 aromatic heterocycles. The molecule has 2 rings (SSSR count). The zero-order chi connectivity index (χ0) is 13.4. The van der Waals surface area contributed by atoms with E-state index in [1.807, 2.05) is 6.07 Å². The maximum atomic E-state index is 11.1. The van der Waals surface area contributed by atoms with E-state index >= 15 is 0 Å². The van der Waals surface area contributed by atoms with E-state index < -0.39 is 6.16 Å². The van der Waals surface area contributed by atoms with Crippen molar-refractivity contribution >= 4 is 11.9 Å². The van der Waals surface area contributed by atoms with Crippen molar-refractivity contribution in [1.82, 2.24) is 0 Å². The molecule has 0 saturated heterocycles. The first kappa shape index (κ1) is 14.2. The lowest BCUT2D eigenvalue weighted by Crippen LogP contribution is -2.15. The number of rotatable bonds is 2. The van der Waals surface area contributed by atoms with Gasteiger partial charge in [0.1, 0.15) is 5.78 Å². The van der Waals surface area contributed by atoms with Gasteiger partial charge in [-0.3, -0.25) is 4.79 Å². The second-order valence-corrected chi connectivity index (χ2v) is 4.45. The van der Waals surface area contributed by atoms with Crippen LogP contribution in [0.1, 0.15) is 31.2 Å². The molecular formula is C14H18O4. The van der Waals surface area contributed by atoms with Crippen LogP contribution in [0.3, 0.4) is 0 Å². The van der Waals surface area contributed by atoms with Gasteiger partial charge in [-0.15, -0.1) is 0 Å². The first-order valence-electron chi connectivity index (χ1n) is 6.05. The van der Waals surface area contributed by atoms with Gasteiger partial charge in [-0.05, 0) is 30.7 Å². The van der Waals surface area contributed by atoms with Crippen molar-refractivity contribution in [2.24, 2.45) is 5.92 Å². The summed E-state index contributed by atoms with van der Waals surface area (Å²) in [5.74, 6) is 1.18. The molecule has 1 aliphatic rings. The molecular weight excluding hydrogens is 232 g/mol. The number of hydrogen-bond donors (Lipinski definition) is 2. The smallest absolute Gasteiger partial charge is 0.450 e. The summed E-state index contributed by atoms with van der Waals surface area (Å²) in [4.78, 5) is 19.6. The van der Waals surface area contributed by atoms with Crippen molar-refractivity contribution in [3.05, 3.63) is 35.9 Å². The number of hydrogen-bond acceptors (Lipinski definition) is 2. The molecule has 18 heavy (non-hydrogen) atoms. The van der Waals surface area contributed by atoms with Gasteiger partial charge in [-0.2, -0.15) is 0 Å². The van der Waals surface area contributed by atoms with Crippen LogP contribution in [-0.4, -0.2) is 22.2 Å². The molecule has 1 saturated carbocycles. The van der Waals surface area contributed by atoms with Crippen molar-refractivity contribution in [1.29, 1.82) is 0 Å². The van der Waals surface area contributed by atoms with Gasteiger partial charge in [0.2, 0.25) is 0 Å². The first-order chi connectivity index (χ1) is 8.58. The highest BCUT2D eigenvalue weighted by Gasteiger charge is 2.18. The number of benzene rings is 1. The zero-order valence-electron chi connectivity index (χ0n) is 10.2. The summed E-state index contributed by atoms with van der Waals surface area (Å²) in [6.07, 6.45) is 3.10. The molecule has 0 aliphatic heterocycles. The molecule has 0 unspecified atom stereocenters. The van der Waals surface area contributed by atoms with Gasteiger partial charge >= 0.3 is 6.16 Å². The molecule has 1 aromatic rings. The van der Waals surface area contributed by atoms with Crippen molar-refractivity contribution in [3.63, 3.8) is 0 Å². The number of carbonyl (C=O) groups excluding carboxylic acids is 1. The third kappa shape index (κ3) is 6.03. The zero-order valence-corrected chi connectivity index (χ0v) is 10.2. The summed E-state index contributed by atoms with van der Waals surface area (Å²) in [6.45, 7) is 0. The van der Waals surface area contributed by atoms with Crippen LogP contribution in [0.15, 0.2) is 30.3 Å². The monoisotopic (exact) mass is 250 g/mol. The molecule has 0 radical (unpaired) electrons. The molecule has 1 aromatic carbocycles. The molecule has 4 heteroatoms. The van der Waals surface area contributed by atoms with Crippen LogP contribution in [0.4, 0.5) is 4.79 Å². The average Bonchev–Trinajstić information content (AvgIpc) is 2.33. The van der Waals surface area contributed by atoms with Crippen molar-refractivity contribution in [2.45, 2.75) is 32.1 Å². The molecule has 0 spiro atoms. The number of Topliss-reactive ketones (excluding diaryl/α,β-unsaturated/α-hetero) is 1. The van der Waals surface area contributed by atoms with Gasteiger partial charge in [-0.1, -0.05) is 30.3 Å². The summed E-state index contributed by atoms with van der Waals surface area (Å²) in [7, 11) is 0. The quantitative estimate of drug-likeness (QED) is 0.845. The van der Waals surface area contributed by atoms with Gasteiger partial charge < -0.3 is 10.2 Å². The molecule has 0 heterocycles. The molecule has 0 amide bonds. The van der Waals surface area contributed by atoms with E-state index in [0.717, 1.165) is 38.0 Å². The van der Waals surface area contributed by atoms with Gasteiger partial charge in [0.25, 0.3) is 0 Å². The number of carbonyl (C=O) groups is 2. The summed E-state index contributed by atoms with van der Waals surface area (Å²) in [5, 5.41) is 13.9. The van der Waals surface area contributed by atoms with E-state index in [-0.39, 0.29) is 0 Å². The summed E-state index contributed by atoms with van der Waals surface area (Å²) in [6, 6.07) is 10.6. The average molecular weight is 250 g/mol. The van der Waals surface area contributed by atoms with Gasteiger partial charge in [0.05, 0.1) is 0 Å². The Labute approximate surface area is 106 Å². The Morgan fingerprint density at radius 1 is 1.11 bits per heavy atom. The standard InChI is InChI=1S/C13H16O.CH2O3/c14-13-8-6-12(7-9-13)10-11-4-2-1-3-5-11;2-1(3)4/h1-5,12H,6-10H2;(H2,2,3,4). The molecule has 98 valence electrons. The minimum atomic E-state index is -1.83. The van der Waals surface area contributed by atoms with Crippen LogP contribution in [0, 0.1) is 5.92 Å². The van der Waals surface area contributed by atoms with Gasteiger partial charge in [0, 0.05) is 12.8 Å². The lowest BCUT2D eigenvalue weighted by atomic mass is 9.84. The van der Waals surface area contributed by atoms with Crippen LogP contribution >= 0.6 is 0 Å². The van der Waals surface area contributed by atoms with Crippen LogP contribution in [0.5, 0.6) is 0 Å². The Hall–Kier alpha value is -1.84. The van der Waals surface area contributed by atoms with E-state index in [1.165, 1.54) is 5.56 Å². The molecule has 2 N–H and O–H groups in total. The summed E-state index contributed by atoms with van der Waals surface area (Å²) in [5.41, 5.74) is 1.41. The molecule has 4 nitrogen and oxygen atoms in total. The van der Waals surface area contributed by atoms with Gasteiger partial charge in [-0.25, -0.2) is 4.79 Å². The Morgan fingerprint density at radius 3 is 2.11 bits per heavy atom. The second-order valence-electron chi connectivity index (χ2n) is 4.45. The molecule has 0 bridgehead atoms. The third-order valence-electron chi connectivity index (χ3n) is 3.03. The normalized spacial score (nSPS) is 15.7. The molecule has 1 aliphatic carbocycles. The van der Waals surface area contributed by atoms with E-state index in [2.05, 4.69) is 24.3 Å². The second kappa shape index (κ2) is 7.48. The molecule has 0 atom stereocenters. The fraction of sp³-hybridized carbons (Fsp3) is 0.429. The van der Waals surface area contributed by atoms with E-state index in [4.69, 9.17) is 15.0 Å². The Kier molecular flexibility index (Phi) is 5.91. The van der Waals surface area contributed by atoms with Crippen molar-refractivity contribution < 1.29 is 19.8 Å². The maximum absolute atomic E-state index is 11.1. The highest BCUT2D eigenvalue weighted by atomic mass is 16.6. The summed E-state index contributed by atoms with van der Waals surface area (Å²) >= 11 is 0. The fourth-order valence-corrected chi connectivity index (χ4v) is 2.15. The SMILES string of the molecule is O=C(O)O.O=C1CCC(Cc2ccccc2)CC1. The van der Waals surface area contributed by atoms with Crippen molar-refractivity contribution in [2.75, 3.05) is 0 Å². The fourth-order valence-electron chi connectivity index (χ4n) is 2.15. The number of ketones is 1. The lowest BCUT2D eigenvalue weighted by molar-refractivity contribution is -0.121. The van der Waals surface area contributed by atoms with Gasteiger partial charge in [0.15, 0.2) is 0 Å². The minimum Gasteiger partial charge on any atom is -0.450 e. The van der Waals surface area contributed by atoms with E-state index in [9.17, 15) is 4.79 Å². The highest BCUT2D eigenvalue weighted by Crippen LogP contribution is 2.24. The number of carboxylic acid groups (broad SMARTS) is 2. The maximum Gasteiger partial charge on any atom is 0.503 e. The summed E-state index contributed by atoms with van der Waals surface area (Å²) < 4.78 is 0. The van der Waals surface area contributed by atoms with Crippen molar-refractivity contribution in [3.8, 4) is 0 Å². The largest absolute Gasteiger partial charge is 0.503 e. The first-order valence-corrected chi connectivity index (χ1v) is 6.05. The van der Waals surface area contributed by atoms with Crippen LogP contribution < -0.4 is 0 Å². The predicted molar refractivity (Wildman–Crippen MR) is 67.8 cm³/mol. The van der Waals surface area contributed by atoms with Crippen LogP contribution in [-0.2, 0) is 11.2 Å². The van der Waals surface area contributed by atoms with E-state index in [0.29, 0.717) is 5.78 Å². The predicted octanol–water partition coefficient (Wildman–Crippen LogP) is 3.21. The van der Waals surface area contributed by atoms with Crippen LogP contribution in [0.2, 0.25) is 0 Å². The topological polar surface area (TPSA) is 74.6 Å². The Balaban J connectivity index is 0.000000357. The Morgan fingerprint density at radius 2 is 1.61 bits per heavy atom. The Bertz CT molecular complexity index is 372. The molecule has 1 fully saturated rings. The van der Waals surface area contributed by atoms with Crippen LogP contribution in [0.25, 0.3) is 0 Å². The highest BCUT2D eigenvalue weighted by molar-refractivity contribution is 5.79. The third-order valence-corrected chi connectivity index (χ3v) is 3.03. The lowest BCUT2D eigenvalue weighted by Gasteiger charge is -2.20. The minimum absolute atomic E-state index is 0.453. The van der Waals surface area contributed by atoms with E-state index in [1.54, 1.807) is 0 Å².